The lowest BCUT2D eigenvalue weighted by molar-refractivity contribution is -0.130. The highest BCUT2D eigenvalue weighted by Gasteiger charge is 2.14. The lowest BCUT2D eigenvalue weighted by Gasteiger charge is -2.10. The van der Waals surface area contributed by atoms with Gasteiger partial charge in [-0.15, -0.1) is 0 Å². The number of ether oxygens (including phenoxy) is 3. The lowest BCUT2D eigenvalue weighted by atomic mass is 10.0. The molecule has 0 atom stereocenters. The highest BCUT2D eigenvalue weighted by atomic mass is 16.5. The molecule has 0 radical (unpaired) electrons. The highest BCUT2D eigenvalue weighted by Crippen LogP contribution is 2.31. The van der Waals surface area contributed by atoms with E-state index in [1.54, 1.807) is 30.3 Å². The Labute approximate surface area is 141 Å². The van der Waals surface area contributed by atoms with Crippen LogP contribution in [0.2, 0.25) is 0 Å². The second-order valence-electron chi connectivity index (χ2n) is 4.94. The topological polar surface area (TPSA) is 65.0 Å². The highest BCUT2D eigenvalue weighted by molar-refractivity contribution is 6.20. The number of carboxylic acids is 1. The first-order valence-electron chi connectivity index (χ1n) is 7.49. The molecule has 2 rings (SSSR count). The fraction of sp³-hybridized carbons (Fsp3) is 0.211. The fourth-order valence-corrected chi connectivity index (χ4v) is 2.30. The normalized spacial score (nSPS) is 11.0. The summed E-state index contributed by atoms with van der Waals surface area (Å²) in [5.74, 6) is 0.696. The third-order valence-corrected chi connectivity index (χ3v) is 3.41. The van der Waals surface area contributed by atoms with E-state index < -0.39 is 5.97 Å². The number of hydrogen-bond acceptors (Lipinski definition) is 4. The molecule has 0 aliphatic rings. The Hall–Kier alpha value is -2.95. The Kier molecular flexibility index (Phi) is 5.84. The number of aliphatic carboxylic acids is 1. The van der Waals surface area contributed by atoms with Crippen molar-refractivity contribution in [1.29, 1.82) is 0 Å². The van der Waals surface area contributed by atoms with Gasteiger partial charge in [0.2, 0.25) is 0 Å². The van der Waals surface area contributed by atoms with Gasteiger partial charge in [-0.25, -0.2) is 4.79 Å². The third-order valence-electron chi connectivity index (χ3n) is 3.41. The van der Waals surface area contributed by atoms with Crippen LogP contribution >= 0.6 is 0 Å². The molecule has 5 heteroatoms. The maximum Gasteiger partial charge on any atom is 0.336 e. The molecule has 0 saturated carbocycles. The predicted octanol–water partition coefficient (Wildman–Crippen LogP) is 3.73. The van der Waals surface area contributed by atoms with Gasteiger partial charge < -0.3 is 19.3 Å². The molecule has 24 heavy (non-hydrogen) atoms. The van der Waals surface area contributed by atoms with E-state index in [1.807, 2.05) is 25.1 Å². The number of carbonyl (C=O) groups is 1. The van der Waals surface area contributed by atoms with Crippen molar-refractivity contribution in [3.05, 3.63) is 53.6 Å². The Morgan fingerprint density at radius 2 is 1.83 bits per heavy atom. The minimum Gasteiger partial charge on any atom is -0.494 e. The van der Waals surface area contributed by atoms with E-state index >= 15 is 0 Å². The van der Waals surface area contributed by atoms with Crippen LogP contribution in [0.3, 0.4) is 0 Å². The van der Waals surface area contributed by atoms with Gasteiger partial charge in [0.1, 0.15) is 5.75 Å². The molecule has 0 bridgehead atoms. The first-order chi connectivity index (χ1) is 11.6. The first kappa shape index (κ1) is 17.4. The van der Waals surface area contributed by atoms with Crippen LogP contribution in [-0.4, -0.2) is 31.9 Å². The van der Waals surface area contributed by atoms with Crippen LogP contribution in [0.1, 0.15) is 18.1 Å². The Balaban J connectivity index is 2.46. The van der Waals surface area contributed by atoms with Gasteiger partial charge >= 0.3 is 5.97 Å². The van der Waals surface area contributed by atoms with Crippen LogP contribution in [-0.2, 0) is 4.79 Å². The first-order valence-corrected chi connectivity index (χ1v) is 7.49. The number of methoxy groups -OCH3 is 2. The number of benzene rings is 2. The monoisotopic (exact) mass is 328 g/mol. The molecular weight excluding hydrogens is 308 g/mol. The van der Waals surface area contributed by atoms with E-state index in [-0.39, 0.29) is 5.57 Å². The summed E-state index contributed by atoms with van der Waals surface area (Å²) in [6.07, 6.45) is 1.60. The summed E-state index contributed by atoms with van der Waals surface area (Å²) in [5.41, 5.74) is 1.43. The molecule has 0 fully saturated rings. The summed E-state index contributed by atoms with van der Waals surface area (Å²) in [7, 11) is 3.04. The Morgan fingerprint density at radius 1 is 1.08 bits per heavy atom. The van der Waals surface area contributed by atoms with Crippen LogP contribution in [0.25, 0.3) is 11.6 Å². The van der Waals surface area contributed by atoms with Gasteiger partial charge in [0, 0.05) is 0 Å². The largest absolute Gasteiger partial charge is 0.494 e. The Morgan fingerprint density at radius 3 is 2.46 bits per heavy atom. The van der Waals surface area contributed by atoms with Gasteiger partial charge in [-0.3, -0.25) is 0 Å². The van der Waals surface area contributed by atoms with Crippen molar-refractivity contribution in [3.63, 3.8) is 0 Å². The summed E-state index contributed by atoms with van der Waals surface area (Å²) in [6, 6.07) is 12.3. The van der Waals surface area contributed by atoms with Crippen molar-refractivity contribution >= 4 is 17.6 Å². The second-order valence-corrected chi connectivity index (χ2v) is 4.94. The molecule has 0 aliphatic carbocycles. The Bertz CT molecular complexity index is 749. The van der Waals surface area contributed by atoms with Gasteiger partial charge in [-0.2, -0.15) is 0 Å². The van der Waals surface area contributed by atoms with E-state index in [0.29, 0.717) is 29.4 Å². The molecule has 126 valence electrons. The minimum absolute atomic E-state index is 0.157. The molecule has 0 amide bonds. The maximum atomic E-state index is 11.7. The molecular formula is C19H20O5. The van der Waals surface area contributed by atoms with Crippen molar-refractivity contribution in [1.82, 2.24) is 0 Å². The van der Waals surface area contributed by atoms with Gasteiger partial charge in [-0.1, -0.05) is 18.2 Å². The zero-order valence-corrected chi connectivity index (χ0v) is 13.9. The fourth-order valence-electron chi connectivity index (χ4n) is 2.30. The predicted molar refractivity (Wildman–Crippen MR) is 92.7 cm³/mol. The molecule has 0 heterocycles. The summed E-state index contributed by atoms with van der Waals surface area (Å²) in [6.45, 7) is 2.45. The molecule has 2 aromatic carbocycles. The number of hydrogen-bond donors (Lipinski definition) is 1. The van der Waals surface area contributed by atoms with E-state index in [2.05, 4.69) is 0 Å². The molecule has 0 aliphatic heterocycles. The van der Waals surface area contributed by atoms with Crippen molar-refractivity contribution in [2.75, 3.05) is 20.8 Å². The smallest absolute Gasteiger partial charge is 0.336 e. The average molecular weight is 328 g/mol. The maximum absolute atomic E-state index is 11.7. The molecule has 2 aromatic rings. The summed E-state index contributed by atoms with van der Waals surface area (Å²) < 4.78 is 15.9. The van der Waals surface area contributed by atoms with Crippen molar-refractivity contribution < 1.29 is 24.1 Å². The number of carboxylic acid groups (broad SMARTS) is 1. The van der Waals surface area contributed by atoms with Gasteiger partial charge in [0.05, 0.1) is 26.4 Å². The molecule has 0 saturated heterocycles. The van der Waals surface area contributed by atoms with E-state index in [9.17, 15) is 9.90 Å². The molecule has 5 nitrogen and oxygen atoms in total. The van der Waals surface area contributed by atoms with E-state index in [1.165, 1.54) is 14.2 Å². The summed E-state index contributed by atoms with van der Waals surface area (Å²) >= 11 is 0. The standard InChI is InChI=1S/C19H20O5/c1-4-24-15-7-5-6-13(10-15)11-16(19(20)21)14-8-9-17(22-2)18(12-14)23-3/h5-12H,4H2,1-3H3,(H,20,21)/b16-11-. The molecule has 1 N–H and O–H groups in total. The van der Waals surface area contributed by atoms with Crippen molar-refractivity contribution in [2.24, 2.45) is 0 Å². The molecule has 0 aromatic heterocycles. The van der Waals surface area contributed by atoms with E-state index in [4.69, 9.17) is 14.2 Å². The summed E-state index contributed by atoms with van der Waals surface area (Å²) in [5, 5.41) is 9.58. The summed E-state index contributed by atoms with van der Waals surface area (Å²) in [4.78, 5) is 11.7. The molecule has 0 unspecified atom stereocenters. The molecule has 0 spiro atoms. The van der Waals surface area contributed by atoms with E-state index in [0.717, 1.165) is 5.56 Å². The van der Waals surface area contributed by atoms with Crippen LogP contribution in [0, 0.1) is 0 Å². The average Bonchev–Trinajstić information content (AvgIpc) is 2.59. The van der Waals surface area contributed by atoms with Crippen LogP contribution in [0.15, 0.2) is 42.5 Å². The quantitative estimate of drug-likeness (QED) is 0.620. The van der Waals surface area contributed by atoms with Gasteiger partial charge in [0.15, 0.2) is 11.5 Å². The zero-order valence-electron chi connectivity index (χ0n) is 13.9. The van der Waals surface area contributed by atoms with Gasteiger partial charge in [-0.05, 0) is 48.4 Å². The van der Waals surface area contributed by atoms with Crippen molar-refractivity contribution in [2.45, 2.75) is 6.92 Å². The van der Waals surface area contributed by atoms with Crippen LogP contribution < -0.4 is 14.2 Å². The van der Waals surface area contributed by atoms with Crippen molar-refractivity contribution in [3.8, 4) is 17.2 Å². The van der Waals surface area contributed by atoms with Crippen LogP contribution in [0.5, 0.6) is 17.2 Å². The van der Waals surface area contributed by atoms with Crippen LogP contribution in [0.4, 0.5) is 0 Å². The third kappa shape index (κ3) is 4.07. The van der Waals surface area contributed by atoms with Gasteiger partial charge in [0.25, 0.3) is 0 Å². The number of rotatable bonds is 7. The minimum atomic E-state index is -1.02. The SMILES string of the molecule is CCOc1cccc(/C=C(\C(=O)O)c2ccc(OC)c(OC)c2)c1. The second kappa shape index (κ2) is 8.06. The zero-order chi connectivity index (χ0) is 17.5. The lowest BCUT2D eigenvalue weighted by Crippen LogP contribution is -2.01.